The van der Waals surface area contributed by atoms with Gasteiger partial charge in [-0.05, 0) is 18.4 Å². The van der Waals surface area contributed by atoms with Crippen molar-refractivity contribution in [2.75, 3.05) is 14.1 Å². The van der Waals surface area contributed by atoms with E-state index < -0.39 is 0 Å². The second-order valence-electron chi connectivity index (χ2n) is 17.2. The third kappa shape index (κ3) is 32.5. The summed E-state index contributed by atoms with van der Waals surface area (Å²) in [4.78, 5) is 77.5. The topological polar surface area (TPSA) is 308 Å². The second kappa shape index (κ2) is 40.3. The number of rotatable bonds is 8. The van der Waals surface area contributed by atoms with Gasteiger partial charge in [-0.3, -0.25) is 42.6 Å². The predicted octanol–water partition coefficient (Wildman–Crippen LogP) is 9.73. The minimum atomic E-state index is -0.341. The van der Waals surface area contributed by atoms with Gasteiger partial charge in [-0.2, -0.15) is 19.6 Å². The highest BCUT2D eigenvalue weighted by Crippen LogP contribution is 2.15. The van der Waals surface area contributed by atoms with E-state index in [0.29, 0.717) is 40.7 Å². The summed E-state index contributed by atoms with van der Waals surface area (Å²) >= 11 is 2.53. The summed E-state index contributed by atoms with van der Waals surface area (Å²) in [6.45, 7) is 34.9. The molecule has 5 aromatic rings. The molecule has 0 bridgehead atoms. The number of aliphatic imine (C=N–C) groups is 1. The molecule has 8 N–H and O–H groups in total. The smallest absolute Gasteiger partial charge is 0.281 e. The first kappa shape index (κ1) is 74.6. The summed E-state index contributed by atoms with van der Waals surface area (Å²) in [5, 5.41) is 22.7. The van der Waals surface area contributed by atoms with Crippen LogP contribution in [0.4, 0.5) is 0 Å². The lowest BCUT2D eigenvalue weighted by Gasteiger charge is -2.01. The van der Waals surface area contributed by atoms with E-state index in [2.05, 4.69) is 88.8 Å². The number of carbonyl (C=O) groups is 2. The Kier molecular flexibility index (Phi) is 41.7. The number of nitrogens with zero attached hydrogens (tertiary/aromatic N) is 4. The first-order valence-electron chi connectivity index (χ1n) is 22.3. The van der Waals surface area contributed by atoms with E-state index in [-0.39, 0.29) is 91.5 Å². The van der Waals surface area contributed by atoms with E-state index in [0.717, 1.165) is 34.5 Å². The highest BCUT2D eigenvalue weighted by molar-refractivity contribution is 7.05. The molecule has 0 unspecified atom stereocenters. The molecule has 412 valence electrons. The van der Waals surface area contributed by atoms with Crippen LogP contribution in [0.1, 0.15) is 190 Å². The van der Waals surface area contributed by atoms with E-state index >= 15 is 0 Å². The molecule has 0 aliphatic carbocycles. The molecule has 0 aromatic carbocycles. The lowest BCUT2D eigenvalue weighted by molar-refractivity contribution is -0.124. The first-order chi connectivity index (χ1) is 32.1. The fourth-order valence-corrected chi connectivity index (χ4v) is 5.48. The van der Waals surface area contributed by atoms with Crippen LogP contribution in [0.2, 0.25) is 0 Å². The standard InChI is InChI=1S/C8H10O3.C6H10N2O.C6H9NO2.C6H9NOS.C5H9N3.C5H8N2OS.2C5H11NO.3CH4/c1-5(2)6-3-11-4-7(9)8(6)10;1-4(2)6-7-5(3)9-8-6;2*1-4(2)5-3-6(8)7-9-5;1-4(2)5-6-3-7-8-5;1-3(2)4-5(8)7-9-6-4;2*1-4(2)5(7)6-3;;;/h3-5,9H,1-2H3;4H,3H2,1-2H3,(H,7,8);2*3-4H,1-2H3,(H,7,8);3-4H,1-2H3,(H,6,7,8);3H,1-2H3,(H,7,8);2*4H,1-3H3,(H,6,7);3*1H4. The van der Waals surface area contributed by atoms with Gasteiger partial charge in [-0.25, -0.2) is 10.5 Å². The van der Waals surface area contributed by atoms with Crippen molar-refractivity contribution in [2.45, 2.75) is 163 Å². The molecular weight excluding hydrogens is 967 g/mol. The molecule has 21 nitrogen and oxygen atoms in total. The van der Waals surface area contributed by atoms with E-state index in [1.165, 1.54) is 30.2 Å². The normalized spacial score (nSPS) is 10.6. The van der Waals surface area contributed by atoms with E-state index in [1.54, 1.807) is 20.2 Å². The number of aromatic nitrogens is 7. The van der Waals surface area contributed by atoms with Gasteiger partial charge in [-0.1, -0.05) is 145 Å². The molecule has 0 saturated heterocycles. The summed E-state index contributed by atoms with van der Waals surface area (Å²) in [7, 11) is 3.28. The summed E-state index contributed by atoms with van der Waals surface area (Å²) in [5.41, 5.74) is 3.26. The fourth-order valence-electron chi connectivity index (χ4n) is 4.17. The molecule has 72 heavy (non-hydrogen) atoms. The Balaban J connectivity index is -0.000000237. The number of hydroxylamine groups is 1. The van der Waals surface area contributed by atoms with E-state index in [1.807, 2.05) is 83.1 Å². The van der Waals surface area contributed by atoms with Crippen molar-refractivity contribution in [1.29, 1.82) is 0 Å². The minimum absolute atomic E-state index is 0. The van der Waals surface area contributed by atoms with Crippen LogP contribution in [0.25, 0.3) is 0 Å². The molecule has 23 heteroatoms. The molecule has 0 fully saturated rings. The van der Waals surface area contributed by atoms with Crippen molar-refractivity contribution in [3.05, 3.63) is 112 Å². The molecule has 0 atom stereocenters. The maximum atomic E-state index is 11.1. The molecular formula is C49H89N11O10S2. The highest BCUT2D eigenvalue weighted by Gasteiger charge is 2.12. The zero-order valence-corrected chi connectivity index (χ0v) is 45.1. The number of hydrogen-bond acceptors (Lipinski definition) is 17. The van der Waals surface area contributed by atoms with Crippen molar-refractivity contribution in [3.63, 3.8) is 0 Å². The van der Waals surface area contributed by atoms with Crippen molar-refractivity contribution in [1.82, 2.24) is 49.6 Å². The maximum absolute atomic E-state index is 11.1. The molecule has 0 radical (unpaired) electrons. The van der Waals surface area contributed by atoms with Gasteiger partial charge in [0.1, 0.15) is 35.7 Å². The second-order valence-corrected chi connectivity index (χ2v) is 18.7. The number of aromatic hydroxyl groups is 1. The molecule has 0 spiro atoms. The van der Waals surface area contributed by atoms with Crippen LogP contribution in [0.5, 0.6) is 5.75 Å². The molecule has 1 aliphatic heterocycles. The molecule has 0 saturated carbocycles. The summed E-state index contributed by atoms with van der Waals surface area (Å²) in [5.74, 6) is 4.95. The highest BCUT2D eigenvalue weighted by atomic mass is 32.1. The summed E-state index contributed by atoms with van der Waals surface area (Å²) in [6, 6.07) is 3.11. The Labute approximate surface area is 435 Å². The van der Waals surface area contributed by atoms with Crippen LogP contribution in [-0.2, 0) is 14.4 Å². The van der Waals surface area contributed by atoms with E-state index in [4.69, 9.17) is 18.9 Å². The Bertz CT molecular complexity index is 2360. The average molecular weight is 1060 g/mol. The zero-order chi connectivity index (χ0) is 53.6. The molecule has 5 aromatic heterocycles. The minimum Gasteiger partial charge on any atom is -0.502 e. The Hall–Kier alpha value is -6.36. The fraction of sp³-hybridized carbons (Fsp3) is 0.592. The molecule has 6 heterocycles. The monoisotopic (exact) mass is 1060 g/mol. The number of amides is 2. The molecule has 1 aliphatic rings. The van der Waals surface area contributed by atoms with Crippen LogP contribution >= 0.6 is 23.3 Å². The number of amidine groups is 1. The number of H-pyrrole nitrogens is 4. The van der Waals surface area contributed by atoms with Crippen molar-refractivity contribution in [2.24, 2.45) is 22.7 Å². The van der Waals surface area contributed by atoms with Gasteiger partial charge in [-0.15, -0.1) is 0 Å². The van der Waals surface area contributed by atoms with Crippen LogP contribution in [-0.4, -0.2) is 70.3 Å². The van der Waals surface area contributed by atoms with Crippen LogP contribution in [0.3, 0.4) is 0 Å². The maximum Gasteiger partial charge on any atom is 0.281 e. The quantitative estimate of drug-likeness (QED) is 0.0717. The predicted molar refractivity (Wildman–Crippen MR) is 294 cm³/mol. The lowest BCUT2D eigenvalue weighted by Crippen LogP contribution is -2.22. The van der Waals surface area contributed by atoms with Gasteiger partial charge in [0.25, 0.3) is 16.7 Å². The van der Waals surface area contributed by atoms with Crippen molar-refractivity contribution in [3.8, 4) is 5.75 Å². The van der Waals surface area contributed by atoms with Crippen LogP contribution < -0.4 is 38.2 Å². The number of hydrogen-bond donors (Lipinski definition) is 8. The van der Waals surface area contributed by atoms with Crippen molar-refractivity contribution < 1.29 is 28.5 Å². The summed E-state index contributed by atoms with van der Waals surface area (Å²) < 4.78 is 18.6. The van der Waals surface area contributed by atoms with Gasteiger partial charge in [0, 0.05) is 83.9 Å². The number of aromatic amines is 4. The Morgan fingerprint density at radius 1 is 0.708 bits per heavy atom. The molecule has 2 amide bonds. The van der Waals surface area contributed by atoms with Gasteiger partial charge < -0.3 is 29.5 Å². The number of nitrogens with one attached hydrogen (secondary N) is 7. The van der Waals surface area contributed by atoms with Crippen LogP contribution in [0.15, 0.2) is 76.6 Å². The third-order valence-electron chi connectivity index (χ3n) is 8.36. The van der Waals surface area contributed by atoms with Crippen molar-refractivity contribution >= 4 is 40.9 Å². The zero-order valence-electron chi connectivity index (χ0n) is 43.4. The first-order valence-corrected chi connectivity index (χ1v) is 23.9. The van der Waals surface area contributed by atoms with E-state index in [9.17, 15) is 28.8 Å². The Morgan fingerprint density at radius 3 is 1.47 bits per heavy atom. The third-order valence-corrected chi connectivity index (χ3v) is 10.1. The van der Waals surface area contributed by atoms with Gasteiger partial charge in [0.2, 0.25) is 23.1 Å². The molecule has 6 rings (SSSR count). The largest absolute Gasteiger partial charge is 0.502 e. The Morgan fingerprint density at radius 2 is 1.26 bits per heavy atom. The summed E-state index contributed by atoms with van der Waals surface area (Å²) in [6.07, 6.45) is 3.93. The van der Waals surface area contributed by atoms with Gasteiger partial charge in [0.05, 0.1) is 6.26 Å². The van der Waals surface area contributed by atoms with Gasteiger partial charge >= 0.3 is 0 Å². The van der Waals surface area contributed by atoms with Gasteiger partial charge in [0.15, 0.2) is 5.75 Å². The SMILES string of the molecule is C.C.C.C=C1N=C(C(C)C)NO1.CC(C)c1cc(=O)[nH]o1.CC(C)c1cc(=O)[nH]s1.CC(C)c1cocc(O)c1=O.CC(C)c1ncn[nH]1.CC(C)c1ns[nH]c1=O.CNC(=O)C(C)C.CNC(=O)C(C)C. The number of carbonyl (C=O) groups excluding carboxylic acids is 2. The van der Waals surface area contributed by atoms with Crippen LogP contribution in [0, 0.1) is 17.8 Å². The lowest BCUT2D eigenvalue weighted by atomic mass is 10.1. The average Bonchev–Trinajstić information content (AvgIpc) is 4.15.